The van der Waals surface area contributed by atoms with Gasteiger partial charge < -0.3 is 10.1 Å². The normalized spacial score (nSPS) is 32.6. The van der Waals surface area contributed by atoms with Crippen LogP contribution >= 0.6 is 0 Å². The van der Waals surface area contributed by atoms with Gasteiger partial charge in [0, 0.05) is 6.04 Å². The summed E-state index contributed by atoms with van der Waals surface area (Å²) in [5.41, 5.74) is -1.34. The van der Waals surface area contributed by atoms with Gasteiger partial charge in [0.15, 0.2) is 0 Å². The predicted octanol–water partition coefficient (Wildman–Crippen LogP) is 4.12. The fourth-order valence-electron chi connectivity index (χ4n) is 6.58. The Kier molecular flexibility index (Phi) is 5.67. The van der Waals surface area contributed by atoms with Gasteiger partial charge >= 0.3 is 6.36 Å². The highest BCUT2D eigenvalue weighted by atomic mass is 32.2. The standard InChI is InChI=1S/C23H29F3N2O4S/c24-23(25,26)32-19-4-1-2-5-20(19)33(30,31)28-22(8-3-9-22)21(29)27-18-13-15-7-6-14-10-16(15)12-17(18)11-14/h1-2,4-5,14-18,28H,3,6-13H2,(H,27,29). The third-order valence-corrected chi connectivity index (χ3v) is 9.84. The lowest BCUT2D eigenvalue weighted by Crippen LogP contribution is -2.65. The van der Waals surface area contributed by atoms with Crippen molar-refractivity contribution in [2.24, 2.45) is 23.7 Å². The average molecular weight is 487 g/mol. The van der Waals surface area contributed by atoms with Crippen LogP contribution in [0.2, 0.25) is 0 Å². The Hall–Kier alpha value is -1.81. The SMILES string of the molecule is O=C(NC1CC2CCC3CC2CC1C3)C1(NS(=O)(=O)c2ccccc2OC(F)(F)F)CCC1. The van der Waals surface area contributed by atoms with Crippen LogP contribution in [0.1, 0.15) is 57.8 Å². The van der Waals surface area contributed by atoms with Gasteiger partial charge in [0.25, 0.3) is 0 Å². The number of para-hydroxylation sites is 1. The van der Waals surface area contributed by atoms with Gasteiger partial charge in [-0.25, -0.2) is 8.42 Å². The van der Waals surface area contributed by atoms with Crippen molar-refractivity contribution in [2.45, 2.75) is 80.6 Å². The molecular formula is C23H29F3N2O4S. The Morgan fingerprint density at radius 1 is 1.00 bits per heavy atom. The number of sulfonamides is 1. The van der Waals surface area contributed by atoms with E-state index in [1.165, 1.54) is 31.4 Å². The van der Waals surface area contributed by atoms with Gasteiger partial charge in [-0.3, -0.25) is 4.79 Å². The van der Waals surface area contributed by atoms with Gasteiger partial charge in [-0.15, -0.1) is 13.2 Å². The summed E-state index contributed by atoms with van der Waals surface area (Å²) < 4.78 is 70.9. The molecule has 0 heterocycles. The average Bonchev–Trinajstić information content (AvgIpc) is 2.70. The molecule has 0 aromatic heterocycles. The Bertz CT molecular complexity index is 1020. The van der Waals surface area contributed by atoms with Gasteiger partial charge in [-0.1, -0.05) is 18.6 Å². The van der Waals surface area contributed by atoms with E-state index in [2.05, 4.69) is 14.8 Å². The smallest absolute Gasteiger partial charge is 0.404 e. The van der Waals surface area contributed by atoms with Crippen molar-refractivity contribution in [1.29, 1.82) is 0 Å². The predicted molar refractivity (Wildman–Crippen MR) is 114 cm³/mol. The molecule has 5 unspecified atom stereocenters. The summed E-state index contributed by atoms with van der Waals surface area (Å²) in [4.78, 5) is 12.7. The van der Waals surface area contributed by atoms with Crippen molar-refractivity contribution in [1.82, 2.24) is 10.0 Å². The van der Waals surface area contributed by atoms with Gasteiger partial charge in [0.05, 0.1) is 0 Å². The summed E-state index contributed by atoms with van der Waals surface area (Å²) in [6.45, 7) is 0. The second kappa shape index (κ2) is 8.15. The number of benzene rings is 1. The van der Waals surface area contributed by atoms with E-state index in [9.17, 15) is 26.4 Å². The first kappa shape index (κ1) is 23.0. The van der Waals surface area contributed by atoms with E-state index in [1.54, 1.807) is 0 Å². The van der Waals surface area contributed by atoms with Crippen LogP contribution in [0.15, 0.2) is 29.2 Å². The molecule has 33 heavy (non-hydrogen) atoms. The van der Waals surface area contributed by atoms with Crippen molar-refractivity contribution in [3.05, 3.63) is 24.3 Å². The Morgan fingerprint density at radius 3 is 2.42 bits per heavy atom. The zero-order valence-electron chi connectivity index (χ0n) is 18.2. The minimum absolute atomic E-state index is 0.0321. The maximum absolute atomic E-state index is 13.4. The number of fused-ring (bicyclic) bond motifs is 2. The monoisotopic (exact) mass is 486 g/mol. The molecular weight excluding hydrogens is 457 g/mol. The van der Waals surface area contributed by atoms with Crippen molar-refractivity contribution in [3.63, 3.8) is 0 Å². The van der Waals surface area contributed by atoms with Crippen LogP contribution in [0, 0.1) is 23.7 Å². The molecule has 5 atom stereocenters. The summed E-state index contributed by atoms with van der Waals surface area (Å²) in [7, 11) is -4.43. The van der Waals surface area contributed by atoms with Crippen molar-refractivity contribution < 1.29 is 31.1 Å². The van der Waals surface area contributed by atoms with Gasteiger partial charge in [0.2, 0.25) is 15.9 Å². The first-order valence-electron chi connectivity index (χ1n) is 11.7. The molecule has 4 aliphatic rings. The lowest BCUT2D eigenvalue weighted by atomic mass is 9.56. The highest BCUT2D eigenvalue weighted by molar-refractivity contribution is 7.89. The summed E-state index contributed by atoms with van der Waals surface area (Å²) in [6.07, 6.45) is 3.17. The second-order valence-corrected chi connectivity index (χ2v) is 11.9. The van der Waals surface area contributed by atoms with Gasteiger partial charge in [0.1, 0.15) is 16.2 Å². The number of rotatable bonds is 6. The van der Waals surface area contributed by atoms with E-state index in [0.29, 0.717) is 31.1 Å². The van der Waals surface area contributed by atoms with E-state index in [4.69, 9.17) is 0 Å². The van der Waals surface area contributed by atoms with Crippen LogP contribution in [0.3, 0.4) is 0 Å². The van der Waals surface area contributed by atoms with Crippen LogP contribution in [-0.4, -0.2) is 32.3 Å². The number of ether oxygens (including phenoxy) is 1. The van der Waals surface area contributed by atoms with Gasteiger partial charge in [-0.2, -0.15) is 4.72 Å². The highest BCUT2D eigenvalue weighted by Crippen LogP contribution is 2.52. The zero-order valence-corrected chi connectivity index (χ0v) is 19.1. The molecule has 10 heteroatoms. The first-order valence-corrected chi connectivity index (χ1v) is 13.2. The Balaban J connectivity index is 1.33. The summed E-state index contributed by atoms with van der Waals surface area (Å²) >= 11 is 0. The number of carbonyl (C=O) groups excluding carboxylic acids is 1. The van der Waals surface area contributed by atoms with Crippen LogP contribution in [0.25, 0.3) is 0 Å². The minimum Gasteiger partial charge on any atom is -0.404 e. The number of carbonyl (C=O) groups is 1. The molecule has 0 radical (unpaired) electrons. The molecule has 0 aliphatic heterocycles. The number of alkyl halides is 3. The Morgan fingerprint density at radius 2 is 1.73 bits per heavy atom. The minimum atomic E-state index is -5.03. The largest absolute Gasteiger partial charge is 0.573 e. The molecule has 0 spiro atoms. The van der Waals surface area contributed by atoms with E-state index < -0.39 is 32.6 Å². The summed E-state index contributed by atoms with van der Waals surface area (Å²) in [6, 6.07) is 4.62. The third kappa shape index (κ3) is 4.48. The molecule has 4 aliphatic carbocycles. The topological polar surface area (TPSA) is 84.5 Å². The van der Waals surface area contributed by atoms with Crippen molar-refractivity contribution >= 4 is 15.9 Å². The molecule has 4 fully saturated rings. The molecule has 2 N–H and O–H groups in total. The van der Waals surface area contributed by atoms with Crippen LogP contribution in [-0.2, 0) is 14.8 Å². The number of hydrogen-bond donors (Lipinski definition) is 2. The maximum atomic E-state index is 13.4. The molecule has 6 nitrogen and oxygen atoms in total. The zero-order chi connectivity index (χ0) is 23.4. The van der Waals surface area contributed by atoms with Crippen molar-refractivity contribution in [3.8, 4) is 5.75 Å². The lowest BCUT2D eigenvalue weighted by Gasteiger charge is -2.52. The van der Waals surface area contributed by atoms with Crippen LogP contribution in [0.5, 0.6) is 5.75 Å². The maximum Gasteiger partial charge on any atom is 0.573 e. The Labute approximate surface area is 191 Å². The number of nitrogens with one attached hydrogen (secondary N) is 2. The summed E-state index contributed by atoms with van der Waals surface area (Å²) in [5.74, 6) is 1.33. The molecule has 1 aromatic rings. The lowest BCUT2D eigenvalue weighted by molar-refractivity contribution is -0.275. The third-order valence-electron chi connectivity index (χ3n) is 8.27. The summed E-state index contributed by atoms with van der Waals surface area (Å²) in [5, 5.41) is 3.15. The highest BCUT2D eigenvalue weighted by Gasteiger charge is 2.51. The first-order chi connectivity index (χ1) is 15.5. The van der Waals surface area contributed by atoms with E-state index in [0.717, 1.165) is 43.2 Å². The molecule has 3 bridgehead atoms. The van der Waals surface area contributed by atoms with Crippen LogP contribution < -0.4 is 14.8 Å². The fourth-order valence-corrected chi connectivity index (χ4v) is 8.13. The second-order valence-electron chi connectivity index (χ2n) is 10.3. The number of halogens is 3. The number of amides is 1. The molecule has 5 rings (SSSR count). The van der Waals surface area contributed by atoms with E-state index >= 15 is 0 Å². The van der Waals surface area contributed by atoms with E-state index in [1.807, 2.05) is 0 Å². The molecule has 4 saturated carbocycles. The molecule has 182 valence electrons. The van der Waals surface area contributed by atoms with Gasteiger partial charge in [-0.05, 0) is 87.2 Å². The van der Waals surface area contributed by atoms with Crippen molar-refractivity contribution in [2.75, 3.05) is 0 Å². The molecule has 1 aromatic carbocycles. The quantitative estimate of drug-likeness (QED) is 0.634. The molecule has 1 amide bonds. The number of hydrogen-bond acceptors (Lipinski definition) is 4. The fraction of sp³-hybridized carbons (Fsp3) is 0.696. The van der Waals surface area contributed by atoms with E-state index in [-0.39, 0.29) is 11.9 Å². The molecule has 0 saturated heterocycles. The van der Waals surface area contributed by atoms with Crippen LogP contribution in [0.4, 0.5) is 13.2 Å².